The Balaban J connectivity index is 1.69. The molecule has 0 aliphatic carbocycles. The minimum atomic E-state index is -4.17. The average molecular weight is 516 g/mol. The molecule has 0 saturated heterocycles. The van der Waals surface area contributed by atoms with E-state index >= 15 is 0 Å². The van der Waals surface area contributed by atoms with E-state index < -0.39 is 15.9 Å². The van der Waals surface area contributed by atoms with Gasteiger partial charge in [0.05, 0.1) is 17.3 Å². The summed E-state index contributed by atoms with van der Waals surface area (Å²) in [6.07, 6.45) is 6.51. The number of halogens is 1. The van der Waals surface area contributed by atoms with Crippen molar-refractivity contribution >= 4 is 33.5 Å². The van der Waals surface area contributed by atoms with Gasteiger partial charge in [0.25, 0.3) is 15.9 Å². The number of nitrogens with zero attached hydrogens (tertiary/aromatic N) is 3. The smallest absolute Gasteiger partial charge is 0.264 e. The van der Waals surface area contributed by atoms with Crippen molar-refractivity contribution in [1.29, 1.82) is 5.26 Å². The fourth-order valence-corrected chi connectivity index (χ4v) is 4.83. The molecule has 1 aliphatic heterocycles. The van der Waals surface area contributed by atoms with Gasteiger partial charge in [-0.1, -0.05) is 12.1 Å². The summed E-state index contributed by atoms with van der Waals surface area (Å²) in [6, 6.07) is 18.0. The van der Waals surface area contributed by atoms with Gasteiger partial charge < -0.3 is 10.2 Å². The second-order valence-corrected chi connectivity index (χ2v) is 9.72. The predicted octanol–water partition coefficient (Wildman–Crippen LogP) is 4.69. The normalized spacial score (nSPS) is 12.9. The van der Waals surface area contributed by atoms with Gasteiger partial charge in [0.15, 0.2) is 0 Å². The molecule has 0 spiro atoms. The molecule has 37 heavy (non-hydrogen) atoms. The van der Waals surface area contributed by atoms with Crippen LogP contribution in [0.2, 0.25) is 0 Å². The van der Waals surface area contributed by atoms with Gasteiger partial charge in [-0.15, -0.1) is 0 Å². The molecule has 0 bridgehead atoms. The van der Waals surface area contributed by atoms with E-state index in [0.29, 0.717) is 22.5 Å². The molecule has 1 amide bonds. The number of hydrogen-bond donors (Lipinski definition) is 2. The summed E-state index contributed by atoms with van der Waals surface area (Å²) >= 11 is 0. The van der Waals surface area contributed by atoms with Gasteiger partial charge in [0.1, 0.15) is 10.7 Å². The summed E-state index contributed by atoms with van der Waals surface area (Å²) in [5.41, 5.74) is 2.44. The van der Waals surface area contributed by atoms with E-state index in [4.69, 9.17) is 5.26 Å². The summed E-state index contributed by atoms with van der Waals surface area (Å²) in [4.78, 5) is 18.5. The second-order valence-electron chi connectivity index (χ2n) is 8.07. The largest absolute Gasteiger partial charge is 0.348 e. The molecule has 3 aromatic rings. The van der Waals surface area contributed by atoms with Crippen LogP contribution in [0.1, 0.15) is 28.4 Å². The van der Waals surface area contributed by atoms with Crippen LogP contribution < -0.4 is 14.9 Å². The lowest BCUT2D eigenvalue weighted by atomic mass is 10.1. The molecular formula is C27H22FN5O3S. The van der Waals surface area contributed by atoms with Crippen molar-refractivity contribution in [2.24, 2.45) is 4.99 Å². The van der Waals surface area contributed by atoms with Crippen LogP contribution >= 0.6 is 0 Å². The van der Waals surface area contributed by atoms with E-state index in [9.17, 15) is 17.6 Å². The van der Waals surface area contributed by atoms with E-state index in [1.807, 2.05) is 6.07 Å². The van der Waals surface area contributed by atoms with Crippen LogP contribution in [0.5, 0.6) is 0 Å². The molecule has 0 fully saturated rings. The highest BCUT2D eigenvalue weighted by molar-refractivity contribution is 7.92. The number of carbonyl (C=O) groups is 1. The number of sulfonamides is 1. The van der Waals surface area contributed by atoms with Crippen LogP contribution in [0.4, 0.5) is 15.8 Å². The second kappa shape index (κ2) is 10.9. The third-order valence-corrected chi connectivity index (χ3v) is 6.86. The number of aliphatic imine (C=N–C) groups is 1. The standard InChI is InChI=1S/C27H22FN5O3S/c1-19-17-30-13-2-14-33(19)25-12-7-22(27(34)31-18-21-3-8-23(28)9-4-21)15-26(25)37(35,36)32-24-10-5-20(16-29)6-11-24/h2-15,17,32H,18H2,1H3,(H,31,34). The summed E-state index contributed by atoms with van der Waals surface area (Å²) in [7, 11) is -4.17. The minimum Gasteiger partial charge on any atom is -0.348 e. The van der Waals surface area contributed by atoms with Gasteiger partial charge >= 0.3 is 0 Å². The quantitative estimate of drug-likeness (QED) is 0.474. The number of benzene rings is 3. The van der Waals surface area contributed by atoms with Crippen LogP contribution in [0.25, 0.3) is 0 Å². The zero-order valence-corrected chi connectivity index (χ0v) is 20.5. The number of nitrogens with one attached hydrogen (secondary N) is 2. The molecular weight excluding hydrogens is 493 g/mol. The Morgan fingerprint density at radius 1 is 1.08 bits per heavy atom. The first kappa shape index (κ1) is 25.3. The maximum atomic E-state index is 13.6. The third kappa shape index (κ3) is 6.09. The van der Waals surface area contributed by atoms with E-state index in [1.54, 1.807) is 54.7 Å². The molecule has 1 aliphatic rings. The van der Waals surface area contributed by atoms with Gasteiger partial charge in [-0.25, -0.2) is 12.8 Å². The first-order valence-electron chi connectivity index (χ1n) is 11.1. The van der Waals surface area contributed by atoms with Gasteiger partial charge in [-0.05, 0) is 73.2 Å². The van der Waals surface area contributed by atoms with Crippen molar-refractivity contribution in [3.05, 3.63) is 113 Å². The third-order valence-electron chi connectivity index (χ3n) is 5.45. The lowest BCUT2D eigenvalue weighted by Crippen LogP contribution is -2.25. The number of allylic oxidation sites excluding steroid dienone is 2. The lowest BCUT2D eigenvalue weighted by Gasteiger charge is -2.24. The van der Waals surface area contributed by atoms with E-state index in [1.165, 1.54) is 48.5 Å². The van der Waals surface area contributed by atoms with Crippen molar-refractivity contribution in [3.8, 4) is 6.07 Å². The Hall–Kier alpha value is -4.75. The van der Waals surface area contributed by atoms with E-state index in [2.05, 4.69) is 15.0 Å². The minimum absolute atomic E-state index is 0.128. The zero-order valence-electron chi connectivity index (χ0n) is 19.7. The zero-order chi connectivity index (χ0) is 26.4. The van der Waals surface area contributed by atoms with Crippen LogP contribution in [0.15, 0.2) is 101 Å². The van der Waals surface area contributed by atoms with Crippen molar-refractivity contribution in [2.75, 3.05) is 9.62 Å². The topological polar surface area (TPSA) is 115 Å². The molecule has 0 saturated carbocycles. The molecule has 2 N–H and O–H groups in total. The summed E-state index contributed by atoms with van der Waals surface area (Å²) < 4.78 is 42.8. The Bertz CT molecular complexity index is 1560. The number of amides is 1. The van der Waals surface area contributed by atoms with Crippen molar-refractivity contribution < 1.29 is 17.6 Å². The Kier molecular flexibility index (Phi) is 7.46. The number of anilines is 2. The monoisotopic (exact) mass is 515 g/mol. The molecule has 0 atom stereocenters. The molecule has 3 aromatic carbocycles. The molecule has 10 heteroatoms. The molecule has 4 rings (SSSR count). The fourth-order valence-electron chi connectivity index (χ4n) is 3.55. The van der Waals surface area contributed by atoms with Gasteiger partial charge in [0, 0.05) is 42.1 Å². The number of carbonyl (C=O) groups excluding carboxylic acids is 1. The average Bonchev–Trinajstić information content (AvgIpc) is 3.12. The van der Waals surface area contributed by atoms with Crippen molar-refractivity contribution in [3.63, 3.8) is 0 Å². The molecule has 8 nitrogen and oxygen atoms in total. The molecule has 0 unspecified atom stereocenters. The van der Waals surface area contributed by atoms with Crippen LogP contribution in [0.3, 0.4) is 0 Å². The highest BCUT2D eigenvalue weighted by atomic mass is 32.2. The maximum absolute atomic E-state index is 13.6. The summed E-state index contributed by atoms with van der Waals surface area (Å²) in [5.74, 6) is -0.875. The van der Waals surface area contributed by atoms with Crippen LogP contribution in [-0.2, 0) is 16.6 Å². The lowest BCUT2D eigenvalue weighted by molar-refractivity contribution is 0.0950. The summed E-state index contributed by atoms with van der Waals surface area (Å²) in [6.45, 7) is 1.92. The molecule has 1 heterocycles. The van der Waals surface area contributed by atoms with Crippen LogP contribution in [0, 0.1) is 17.1 Å². The van der Waals surface area contributed by atoms with Crippen LogP contribution in [-0.4, -0.2) is 20.5 Å². The Morgan fingerprint density at radius 3 is 2.51 bits per heavy atom. The van der Waals surface area contributed by atoms with E-state index in [0.717, 1.165) is 0 Å². The van der Waals surface area contributed by atoms with E-state index in [-0.39, 0.29) is 28.5 Å². The number of nitriles is 1. The number of hydrogen-bond acceptors (Lipinski definition) is 6. The van der Waals surface area contributed by atoms with Crippen molar-refractivity contribution in [2.45, 2.75) is 18.4 Å². The summed E-state index contributed by atoms with van der Waals surface area (Å²) in [5, 5.41) is 11.7. The maximum Gasteiger partial charge on any atom is 0.264 e. The molecule has 0 radical (unpaired) electrons. The van der Waals surface area contributed by atoms with Gasteiger partial charge in [-0.3, -0.25) is 14.5 Å². The Labute approximate surface area is 214 Å². The Morgan fingerprint density at radius 2 is 1.81 bits per heavy atom. The molecule has 0 aromatic heterocycles. The first-order chi connectivity index (χ1) is 17.8. The van der Waals surface area contributed by atoms with Crippen molar-refractivity contribution in [1.82, 2.24) is 5.32 Å². The highest BCUT2D eigenvalue weighted by Gasteiger charge is 2.25. The SMILES string of the molecule is CC1=CN=CC=CN1c1ccc(C(=O)NCc2ccc(F)cc2)cc1S(=O)(=O)Nc1ccc(C#N)cc1. The van der Waals surface area contributed by atoms with Gasteiger partial charge in [-0.2, -0.15) is 5.26 Å². The predicted molar refractivity (Wildman–Crippen MR) is 140 cm³/mol. The molecule has 186 valence electrons. The number of rotatable bonds is 7. The fraction of sp³-hybridized carbons (Fsp3) is 0.0741. The van der Waals surface area contributed by atoms with Gasteiger partial charge in [0.2, 0.25) is 0 Å². The first-order valence-corrected chi connectivity index (χ1v) is 12.6. The highest BCUT2D eigenvalue weighted by Crippen LogP contribution is 2.31.